The number of nitrogens with zero attached hydrogens (tertiary/aromatic N) is 3. The molecular weight excluding hydrogens is 292 g/mol. The van der Waals surface area contributed by atoms with Gasteiger partial charge in [-0.3, -0.25) is 4.79 Å². The summed E-state index contributed by atoms with van der Waals surface area (Å²) in [6, 6.07) is 7.88. The van der Waals surface area contributed by atoms with Crippen LogP contribution in [0.15, 0.2) is 28.6 Å². The summed E-state index contributed by atoms with van der Waals surface area (Å²) in [7, 11) is 0. The topological polar surface area (TPSA) is 72.1 Å². The molecule has 2 aromatic rings. The van der Waals surface area contributed by atoms with Crippen LogP contribution in [0.5, 0.6) is 0 Å². The highest BCUT2D eigenvalue weighted by atomic mass is 32.2. The lowest BCUT2D eigenvalue weighted by Gasteiger charge is -2.22. The number of carbonyl (C=O) groups excluding carboxylic acids is 1. The van der Waals surface area contributed by atoms with Gasteiger partial charge in [-0.25, -0.2) is 0 Å². The van der Waals surface area contributed by atoms with Crippen molar-refractivity contribution in [2.24, 2.45) is 0 Å². The molecule has 0 radical (unpaired) electrons. The lowest BCUT2D eigenvalue weighted by atomic mass is 10.2. The molecule has 20 heavy (non-hydrogen) atoms. The molecule has 0 aliphatic heterocycles. The van der Waals surface area contributed by atoms with Crippen LogP contribution in [-0.2, 0) is 4.79 Å². The summed E-state index contributed by atoms with van der Waals surface area (Å²) in [5.41, 5.74) is 7.56. The van der Waals surface area contributed by atoms with Crippen LogP contribution in [0.2, 0.25) is 0 Å². The average molecular weight is 308 g/mol. The number of nitrogen functional groups attached to an aromatic ring is 1. The van der Waals surface area contributed by atoms with Crippen LogP contribution in [0.1, 0.15) is 12.5 Å². The molecule has 0 spiro atoms. The van der Waals surface area contributed by atoms with Crippen molar-refractivity contribution >= 4 is 39.8 Å². The molecule has 2 N–H and O–H groups in total. The van der Waals surface area contributed by atoms with Crippen molar-refractivity contribution in [3.05, 3.63) is 29.8 Å². The van der Waals surface area contributed by atoms with Gasteiger partial charge < -0.3 is 10.6 Å². The Hall–Kier alpha value is -1.60. The second-order valence-electron chi connectivity index (χ2n) is 4.12. The number of hydrogen-bond acceptors (Lipinski definition) is 6. The van der Waals surface area contributed by atoms with Crippen molar-refractivity contribution in [3.63, 3.8) is 0 Å². The van der Waals surface area contributed by atoms with Crippen molar-refractivity contribution in [2.45, 2.75) is 18.2 Å². The first-order chi connectivity index (χ1) is 9.61. The van der Waals surface area contributed by atoms with Gasteiger partial charge >= 0.3 is 0 Å². The summed E-state index contributed by atoms with van der Waals surface area (Å²) in [5.74, 6) is 0.386. The molecule has 0 saturated heterocycles. The molecule has 0 atom stereocenters. The number of para-hydroxylation sites is 1. The highest BCUT2D eigenvalue weighted by Crippen LogP contribution is 2.25. The highest BCUT2D eigenvalue weighted by Gasteiger charge is 2.16. The maximum atomic E-state index is 12.3. The predicted molar refractivity (Wildman–Crippen MR) is 84.3 cm³/mol. The van der Waals surface area contributed by atoms with Crippen LogP contribution in [0, 0.1) is 6.92 Å². The number of carbonyl (C=O) groups is 1. The Morgan fingerprint density at radius 3 is 2.75 bits per heavy atom. The molecular formula is C13H16N4OS2. The first-order valence-corrected chi connectivity index (χ1v) is 7.99. The Balaban J connectivity index is 2.04. The van der Waals surface area contributed by atoms with Crippen LogP contribution >= 0.6 is 23.1 Å². The van der Waals surface area contributed by atoms with E-state index in [1.54, 1.807) is 4.90 Å². The number of rotatable bonds is 5. The number of aromatic nitrogens is 2. The van der Waals surface area contributed by atoms with E-state index in [2.05, 4.69) is 10.2 Å². The largest absolute Gasteiger partial charge is 0.374 e. The molecule has 1 heterocycles. The fraction of sp³-hybridized carbons (Fsp3) is 0.308. The zero-order chi connectivity index (χ0) is 14.5. The smallest absolute Gasteiger partial charge is 0.237 e. The van der Waals surface area contributed by atoms with Gasteiger partial charge in [-0.15, -0.1) is 10.2 Å². The van der Waals surface area contributed by atoms with Gasteiger partial charge in [-0.1, -0.05) is 41.3 Å². The lowest BCUT2D eigenvalue weighted by molar-refractivity contribution is -0.116. The number of anilines is 2. The highest BCUT2D eigenvalue weighted by molar-refractivity contribution is 8.01. The molecule has 0 bridgehead atoms. The number of aryl methyl sites for hydroxylation is 1. The number of nitrogens with two attached hydrogens (primary N) is 1. The monoisotopic (exact) mass is 308 g/mol. The standard InChI is InChI=1S/C13H16N4OS2/c1-3-17(10-7-5-4-6-9(10)2)11(18)8-19-13-16-15-12(14)20-13/h4-7H,3,8H2,1-2H3,(H2,14,15). The Morgan fingerprint density at radius 1 is 1.40 bits per heavy atom. The lowest BCUT2D eigenvalue weighted by Crippen LogP contribution is -2.32. The van der Waals surface area contributed by atoms with E-state index in [1.165, 1.54) is 23.1 Å². The van der Waals surface area contributed by atoms with Crippen molar-refractivity contribution in [1.29, 1.82) is 0 Å². The Kier molecular flexibility index (Phi) is 4.97. The third kappa shape index (κ3) is 3.49. The van der Waals surface area contributed by atoms with Crippen molar-refractivity contribution < 1.29 is 4.79 Å². The molecule has 5 nitrogen and oxygen atoms in total. The zero-order valence-electron chi connectivity index (χ0n) is 11.4. The number of thioether (sulfide) groups is 1. The maximum absolute atomic E-state index is 12.3. The van der Waals surface area contributed by atoms with Crippen LogP contribution in [-0.4, -0.2) is 28.4 Å². The van der Waals surface area contributed by atoms with E-state index in [-0.39, 0.29) is 5.91 Å². The summed E-state index contributed by atoms with van der Waals surface area (Å²) < 4.78 is 0.719. The first kappa shape index (κ1) is 14.8. The van der Waals surface area contributed by atoms with Crippen molar-refractivity contribution in [2.75, 3.05) is 22.9 Å². The minimum absolute atomic E-state index is 0.0561. The molecule has 0 aliphatic carbocycles. The Morgan fingerprint density at radius 2 is 2.15 bits per heavy atom. The van der Waals surface area contributed by atoms with E-state index in [0.29, 0.717) is 17.4 Å². The minimum Gasteiger partial charge on any atom is -0.374 e. The Bertz CT molecular complexity index is 600. The van der Waals surface area contributed by atoms with E-state index < -0.39 is 0 Å². The van der Waals surface area contributed by atoms with Gasteiger partial charge in [-0.2, -0.15) is 0 Å². The number of hydrogen-bond donors (Lipinski definition) is 1. The molecule has 0 aliphatic rings. The molecule has 106 valence electrons. The van der Waals surface area contributed by atoms with E-state index in [4.69, 9.17) is 5.73 Å². The number of benzene rings is 1. The fourth-order valence-corrected chi connectivity index (χ4v) is 3.34. The molecule has 1 amide bonds. The summed E-state index contributed by atoms with van der Waals surface area (Å²) in [4.78, 5) is 14.1. The first-order valence-electron chi connectivity index (χ1n) is 6.19. The average Bonchev–Trinajstić information content (AvgIpc) is 2.85. The van der Waals surface area contributed by atoms with Crippen LogP contribution < -0.4 is 10.6 Å². The van der Waals surface area contributed by atoms with Crippen molar-refractivity contribution in [3.8, 4) is 0 Å². The van der Waals surface area contributed by atoms with Gasteiger partial charge in [0.2, 0.25) is 11.0 Å². The summed E-state index contributed by atoms with van der Waals surface area (Å²) in [5, 5.41) is 8.05. The summed E-state index contributed by atoms with van der Waals surface area (Å²) in [6.45, 7) is 4.62. The SMILES string of the molecule is CCN(C(=O)CSc1nnc(N)s1)c1ccccc1C. The second kappa shape index (κ2) is 6.71. The molecule has 0 saturated carbocycles. The van der Waals surface area contributed by atoms with Crippen LogP contribution in [0.3, 0.4) is 0 Å². The molecule has 1 aromatic carbocycles. The van der Waals surface area contributed by atoms with Crippen LogP contribution in [0.4, 0.5) is 10.8 Å². The van der Waals surface area contributed by atoms with Gasteiger partial charge in [-0.05, 0) is 25.5 Å². The third-order valence-electron chi connectivity index (χ3n) is 2.76. The third-order valence-corrected chi connectivity index (χ3v) is 4.64. The van der Waals surface area contributed by atoms with E-state index in [1.807, 2.05) is 38.1 Å². The van der Waals surface area contributed by atoms with E-state index >= 15 is 0 Å². The summed E-state index contributed by atoms with van der Waals surface area (Å²) >= 11 is 2.66. The van der Waals surface area contributed by atoms with Gasteiger partial charge in [0.05, 0.1) is 5.75 Å². The molecule has 2 rings (SSSR count). The predicted octanol–water partition coefficient (Wildman–Crippen LogP) is 2.57. The molecule has 1 aromatic heterocycles. The van der Waals surface area contributed by atoms with Crippen LogP contribution in [0.25, 0.3) is 0 Å². The van der Waals surface area contributed by atoms with Gasteiger partial charge in [0.25, 0.3) is 0 Å². The van der Waals surface area contributed by atoms with Gasteiger partial charge in [0.15, 0.2) is 4.34 Å². The van der Waals surface area contributed by atoms with E-state index in [9.17, 15) is 4.79 Å². The van der Waals surface area contributed by atoms with Crippen molar-refractivity contribution in [1.82, 2.24) is 10.2 Å². The quantitative estimate of drug-likeness (QED) is 0.860. The van der Waals surface area contributed by atoms with E-state index in [0.717, 1.165) is 15.6 Å². The normalized spacial score (nSPS) is 10.5. The maximum Gasteiger partial charge on any atom is 0.237 e. The second-order valence-corrected chi connectivity index (χ2v) is 6.35. The number of amides is 1. The molecule has 0 fully saturated rings. The minimum atomic E-state index is 0.0561. The fourth-order valence-electron chi connectivity index (χ4n) is 1.83. The zero-order valence-corrected chi connectivity index (χ0v) is 13.0. The molecule has 0 unspecified atom stereocenters. The van der Waals surface area contributed by atoms with Gasteiger partial charge in [0, 0.05) is 12.2 Å². The summed E-state index contributed by atoms with van der Waals surface area (Å²) in [6.07, 6.45) is 0. The van der Waals surface area contributed by atoms with Gasteiger partial charge in [0.1, 0.15) is 0 Å². The Labute approximate surface area is 126 Å². The molecule has 7 heteroatoms.